The van der Waals surface area contributed by atoms with E-state index in [9.17, 15) is 0 Å². The SMILES string of the molecule is C=C(NC1=CC(c2cnc3n[nH]c(-c4cc5c(-c6ccccn6)cncc5[nH]4)c3c2)=CCN=C1)C1CCC1. The van der Waals surface area contributed by atoms with E-state index in [-0.39, 0.29) is 0 Å². The highest BCUT2D eigenvalue weighted by Gasteiger charge is 2.21. The third-order valence-corrected chi connectivity index (χ3v) is 7.36. The Bertz CT molecular complexity index is 1770. The van der Waals surface area contributed by atoms with Crippen molar-refractivity contribution in [3.05, 3.63) is 90.8 Å². The highest BCUT2D eigenvalue weighted by molar-refractivity contribution is 6.00. The van der Waals surface area contributed by atoms with Crippen LogP contribution in [0.2, 0.25) is 0 Å². The molecule has 8 heteroatoms. The second-order valence-corrected chi connectivity index (χ2v) is 9.77. The summed E-state index contributed by atoms with van der Waals surface area (Å²) in [6.45, 7) is 4.86. The number of allylic oxidation sites excluding steroid dienone is 4. The molecule has 2 aliphatic rings. The molecular weight excluding hydrogens is 472 g/mol. The number of nitrogens with one attached hydrogen (secondary N) is 3. The number of fused-ring (bicyclic) bond motifs is 2. The molecule has 0 radical (unpaired) electrons. The largest absolute Gasteiger partial charge is 0.358 e. The summed E-state index contributed by atoms with van der Waals surface area (Å²) in [5, 5.41) is 13.1. The van der Waals surface area contributed by atoms with E-state index in [0.29, 0.717) is 18.1 Å². The van der Waals surface area contributed by atoms with Crippen molar-refractivity contribution in [1.29, 1.82) is 0 Å². The molecule has 1 aliphatic heterocycles. The Balaban J connectivity index is 1.26. The van der Waals surface area contributed by atoms with Gasteiger partial charge < -0.3 is 10.3 Å². The summed E-state index contributed by atoms with van der Waals surface area (Å²) < 4.78 is 0. The predicted octanol–water partition coefficient (Wildman–Crippen LogP) is 5.82. The van der Waals surface area contributed by atoms with Gasteiger partial charge in [-0.2, -0.15) is 5.10 Å². The molecule has 7 rings (SSSR count). The van der Waals surface area contributed by atoms with Gasteiger partial charge in [0.05, 0.1) is 41.0 Å². The molecule has 5 aromatic rings. The van der Waals surface area contributed by atoms with E-state index < -0.39 is 0 Å². The van der Waals surface area contributed by atoms with Crippen LogP contribution in [0, 0.1) is 5.92 Å². The van der Waals surface area contributed by atoms with Gasteiger partial charge in [-0.05, 0) is 54.7 Å². The Hall–Kier alpha value is -4.85. The average Bonchev–Trinajstić information content (AvgIpc) is 3.46. The number of rotatable bonds is 6. The van der Waals surface area contributed by atoms with Crippen LogP contribution >= 0.6 is 0 Å². The summed E-state index contributed by atoms with van der Waals surface area (Å²) >= 11 is 0. The summed E-state index contributed by atoms with van der Waals surface area (Å²) in [6, 6.07) is 10.1. The molecule has 3 N–H and O–H groups in total. The van der Waals surface area contributed by atoms with E-state index in [1.165, 1.54) is 19.3 Å². The van der Waals surface area contributed by atoms with Gasteiger partial charge in [-0.1, -0.05) is 25.1 Å². The summed E-state index contributed by atoms with van der Waals surface area (Å²) in [5.41, 5.74) is 9.34. The van der Waals surface area contributed by atoms with Crippen LogP contribution in [-0.4, -0.2) is 42.9 Å². The molecule has 0 unspecified atom stereocenters. The molecule has 0 atom stereocenters. The summed E-state index contributed by atoms with van der Waals surface area (Å²) in [4.78, 5) is 21.6. The van der Waals surface area contributed by atoms with Crippen molar-refractivity contribution in [1.82, 2.24) is 35.5 Å². The van der Waals surface area contributed by atoms with Crippen molar-refractivity contribution < 1.29 is 0 Å². The van der Waals surface area contributed by atoms with Crippen molar-refractivity contribution in [2.45, 2.75) is 19.3 Å². The van der Waals surface area contributed by atoms with Gasteiger partial charge in [0.2, 0.25) is 0 Å². The molecule has 0 bridgehead atoms. The van der Waals surface area contributed by atoms with Crippen LogP contribution in [0.3, 0.4) is 0 Å². The first-order valence-electron chi connectivity index (χ1n) is 12.8. The molecular formula is C30H26N8. The zero-order chi connectivity index (χ0) is 25.5. The van der Waals surface area contributed by atoms with E-state index in [2.05, 4.69) is 71.3 Å². The molecule has 38 heavy (non-hydrogen) atoms. The van der Waals surface area contributed by atoms with Crippen LogP contribution in [0.15, 0.2) is 90.2 Å². The lowest BCUT2D eigenvalue weighted by Gasteiger charge is -2.28. The van der Waals surface area contributed by atoms with Gasteiger partial charge >= 0.3 is 0 Å². The molecule has 6 heterocycles. The molecule has 0 spiro atoms. The number of hydrogen-bond donors (Lipinski definition) is 3. The molecule has 0 amide bonds. The van der Waals surface area contributed by atoms with Crippen LogP contribution in [-0.2, 0) is 0 Å². The third kappa shape index (κ3) is 4.00. The molecule has 186 valence electrons. The Morgan fingerprint density at radius 2 is 2.00 bits per heavy atom. The van der Waals surface area contributed by atoms with Crippen LogP contribution in [0.4, 0.5) is 0 Å². The maximum absolute atomic E-state index is 4.66. The molecule has 0 saturated heterocycles. The summed E-state index contributed by atoms with van der Waals surface area (Å²) in [7, 11) is 0. The highest BCUT2D eigenvalue weighted by Crippen LogP contribution is 2.34. The van der Waals surface area contributed by atoms with Gasteiger partial charge in [0.15, 0.2) is 5.65 Å². The van der Waals surface area contributed by atoms with Gasteiger partial charge in [-0.25, -0.2) is 4.98 Å². The van der Waals surface area contributed by atoms with Crippen LogP contribution in [0.5, 0.6) is 0 Å². The lowest BCUT2D eigenvalue weighted by Crippen LogP contribution is -2.24. The molecule has 1 aliphatic carbocycles. The van der Waals surface area contributed by atoms with Gasteiger partial charge in [0, 0.05) is 52.4 Å². The lowest BCUT2D eigenvalue weighted by molar-refractivity contribution is 0.357. The minimum Gasteiger partial charge on any atom is -0.358 e. The predicted molar refractivity (Wildman–Crippen MR) is 151 cm³/mol. The highest BCUT2D eigenvalue weighted by atomic mass is 15.2. The van der Waals surface area contributed by atoms with Crippen LogP contribution < -0.4 is 5.32 Å². The summed E-state index contributed by atoms with van der Waals surface area (Å²) in [5.74, 6) is 0.552. The third-order valence-electron chi connectivity index (χ3n) is 7.36. The minimum atomic E-state index is 0.552. The number of aliphatic imine (C=N–C) groups is 1. The quantitative estimate of drug-likeness (QED) is 0.273. The van der Waals surface area contributed by atoms with Crippen molar-refractivity contribution >= 4 is 33.7 Å². The van der Waals surface area contributed by atoms with Gasteiger partial charge in [0.25, 0.3) is 0 Å². The number of hydrogen-bond acceptors (Lipinski definition) is 6. The molecule has 5 aromatic heterocycles. The number of pyridine rings is 3. The fourth-order valence-corrected chi connectivity index (χ4v) is 5.05. The average molecular weight is 499 g/mol. The Labute approximate surface area is 219 Å². The standard InChI is InChI=1S/C30H26N8/c1-18(19-5-4-6-19)35-22-11-20(8-10-31-15-22)21-12-24-29(37-38-30(24)34-14-21)27-13-23-25(16-32-17-28(23)36-27)26-7-2-3-9-33-26/h2-3,7-9,11-17,19,35-36H,1,4-6,10H2,(H,34,37,38). The van der Waals surface area contributed by atoms with E-state index in [1.807, 2.05) is 43.0 Å². The monoisotopic (exact) mass is 498 g/mol. The number of H-pyrrole nitrogens is 2. The first kappa shape index (κ1) is 22.4. The van der Waals surface area contributed by atoms with E-state index in [1.54, 1.807) is 6.20 Å². The zero-order valence-electron chi connectivity index (χ0n) is 20.8. The maximum Gasteiger partial charge on any atom is 0.181 e. The second-order valence-electron chi connectivity index (χ2n) is 9.77. The fourth-order valence-electron chi connectivity index (χ4n) is 5.05. The molecule has 0 aromatic carbocycles. The van der Waals surface area contributed by atoms with E-state index in [0.717, 1.165) is 61.5 Å². The fraction of sp³-hybridized carbons (Fsp3) is 0.167. The molecule has 1 saturated carbocycles. The number of aromatic nitrogens is 6. The summed E-state index contributed by atoms with van der Waals surface area (Å²) in [6.07, 6.45) is 17.2. The van der Waals surface area contributed by atoms with Gasteiger partial charge in [0.1, 0.15) is 0 Å². The van der Waals surface area contributed by atoms with Gasteiger partial charge in [-0.3, -0.25) is 20.1 Å². The van der Waals surface area contributed by atoms with Crippen LogP contribution in [0.25, 0.3) is 50.2 Å². The minimum absolute atomic E-state index is 0.552. The first-order valence-corrected chi connectivity index (χ1v) is 12.8. The zero-order valence-corrected chi connectivity index (χ0v) is 20.8. The van der Waals surface area contributed by atoms with Crippen molar-refractivity contribution in [2.24, 2.45) is 10.9 Å². The van der Waals surface area contributed by atoms with E-state index in [4.69, 9.17) is 0 Å². The topological polar surface area (TPSA) is 108 Å². The maximum atomic E-state index is 4.66. The Morgan fingerprint density at radius 1 is 1.05 bits per heavy atom. The second kappa shape index (κ2) is 9.23. The van der Waals surface area contributed by atoms with Crippen LogP contribution in [0.1, 0.15) is 24.8 Å². The molecule has 1 fully saturated rings. The van der Waals surface area contributed by atoms with Crippen molar-refractivity contribution in [3.8, 4) is 22.6 Å². The number of nitrogens with zero attached hydrogens (tertiary/aromatic N) is 5. The lowest BCUT2D eigenvalue weighted by atomic mass is 9.83. The van der Waals surface area contributed by atoms with Crippen molar-refractivity contribution in [3.63, 3.8) is 0 Å². The normalized spacial score (nSPS) is 15.7. The smallest absolute Gasteiger partial charge is 0.181 e. The Kier molecular flexibility index (Phi) is 5.43. The first-order chi connectivity index (χ1) is 18.7. The molecule has 8 nitrogen and oxygen atoms in total. The van der Waals surface area contributed by atoms with Crippen molar-refractivity contribution in [2.75, 3.05) is 6.54 Å². The number of aromatic amines is 2. The Morgan fingerprint density at radius 3 is 2.84 bits per heavy atom. The van der Waals surface area contributed by atoms with Gasteiger partial charge in [-0.15, -0.1) is 0 Å². The van der Waals surface area contributed by atoms with E-state index >= 15 is 0 Å².